The van der Waals surface area contributed by atoms with Crippen LogP contribution in [0.3, 0.4) is 0 Å². The lowest BCUT2D eigenvalue weighted by Gasteiger charge is -2.18. The summed E-state index contributed by atoms with van der Waals surface area (Å²) in [5.74, 6) is -4.38. The molecule has 1 unspecified atom stereocenters. The van der Waals surface area contributed by atoms with Crippen molar-refractivity contribution >= 4 is 28.3 Å². The molecule has 2 amide bonds. The highest BCUT2D eigenvalue weighted by molar-refractivity contribution is 7.84. The van der Waals surface area contributed by atoms with Crippen LogP contribution in [0.1, 0.15) is 11.5 Å². The first-order chi connectivity index (χ1) is 12.8. The van der Waals surface area contributed by atoms with Crippen LogP contribution in [0.5, 0.6) is 0 Å². The predicted octanol–water partition coefficient (Wildman–Crippen LogP) is 2.51. The third kappa shape index (κ3) is 3.90. The van der Waals surface area contributed by atoms with Crippen LogP contribution >= 0.6 is 0 Å². The zero-order valence-corrected chi connectivity index (χ0v) is 15.6. The molecule has 0 aliphatic carbocycles. The molecule has 1 N–H and O–H groups in total. The minimum Gasteiger partial charge on any atom is -0.344 e. The maximum Gasteiger partial charge on any atom is 0.237 e. The molecular formula is C19H18F2N2O3S. The average Bonchev–Trinajstić information content (AvgIpc) is 2.89. The van der Waals surface area contributed by atoms with Gasteiger partial charge in [0.2, 0.25) is 11.8 Å². The van der Waals surface area contributed by atoms with Crippen molar-refractivity contribution in [1.82, 2.24) is 4.90 Å². The number of hydrogen-bond acceptors (Lipinski definition) is 3. The van der Waals surface area contributed by atoms with Gasteiger partial charge in [-0.15, -0.1) is 0 Å². The fraction of sp³-hybridized carbons (Fsp3) is 0.263. The Morgan fingerprint density at radius 1 is 1.19 bits per heavy atom. The number of carbonyl (C=O) groups excluding carboxylic acids is 2. The number of halogens is 2. The summed E-state index contributed by atoms with van der Waals surface area (Å²) in [6.45, 7) is 0.168. The van der Waals surface area contributed by atoms with Gasteiger partial charge in [-0.3, -0.25) is 13.8 Å². The lowest BCUT2D eigenvalue weighted by molar-refractivity contribution is -0.135. The fourth-order valence-electron chi connectivity index (χ4n) is 3.31. The van der Waals surface area contributed by atoms with Crippen molar-refractivity contribution in [2.75, 3.05) is 25.2 Å². The molecule has 1 aliphatic rings. The van der Waals surface area contributed by atoms with E-state index in [1.54, 1.807) is 24.3 Å². The number of likely N-dealkylation sites (N-methyl/N-ethyl adjacent to an activating group) is 1. The zero-order valence-electron chi connectivity index (χ0n) is 14.7. The molecule has 1 fully saturated rings. The van der Waals surface area contributed by atoms with E-state index in [2.05, 4.69) is 5.32 Å². The van der Waals surface area contributed by atoms with Gasteiger partial charge in [0.1, 0.15) is 17.6 Å². The van der Waals surface area contributed by atoms with Crippen LogP contribution in [0, 0.1) is 17.6 Å². The third-order valence-electron chi connectivity index (χ3n) is 4.57. The van der Waals surface area contributed by atoms with Gasteiger partial charge in [-0.1, -0.05) is 12.1 Å². The monoisotopic (exact) mass is 392 g/mol. The molecule has 3 rings (SSSR count). The molecule has 0 spiro atoms. The quantitative estimate of drug-likeness (QED) is 0.813. The maximum atomic E-state index is 13.6. The molecule has 0 saturated carbocycles. The van der Waals surface area contributed by atoms with Gasteiger partial charge in [0, 0.05) is 31.8 Å². The standard InChI is InChI=1S/C19H18F2N2O3S/c1-23-10-14(11-7-12(20)9-13(21)8-11)17(19(23)25)18(24)22-15-5-3-4-6-16(15)27(2)26/h3-9,14,17H,10H2,1-2H3,(H,22,24)/t14-,17+,27?/m1/s1. The third-order valence-corrected chi connectivity index (χ3v) is 5.54. The van der Waals surface area contributed by atoms with Crippen LogP contribution in [-0.2, 0) is 20.4 Å². The number of likely N-dealkylation sites (tertiary alicyclic amines) is 1. The van der Waals surface area contributed by atoms with E-state index in [-0.39, 0.29) is 12.1 Å². The summed E-state index contributed by atoms with van der Waals surface area (Å²) >= 11 is 0. The lowest BCUT2D eigenvalue weighted by atomic mass is 9.87. The molecule has 8 heteroatoms. The Morgan fingerprint density at radius 2 is 1.81 bits per heavy atom. The van der Waals surface area contributed by atoms with Crippen LogP contribution in [0.15, 0.2) is 47.4 Å². The number of anilines is 1. The first-order valence-corrected chi connectivity index (χ1v) is 9.78. The summed E-state index contributed by atoms with van der Waals surface area (Å²) in [7, 11) is 0.201. The maximum absolute atomic E-state index is 13.6. The van der Waals surface area contributed by atoms with Gasteiger partial charge in [0.25, 0.3) is 0 Å². The smallest absolute Gasteiger partial charge is 0.237 e. The van der Waals surface area contributed by atoms with Crippen LogP contribution in [0.2, 0.25) is 0 Å². The minimum atomic E-state index is -1.33. The molecule has 2 aromatic carbocycles. The number of benzene rings is 2. The van der Waals surface area contributed by atoms with Crippen LogP contribution in [-0.4, -0.2) is 40.8 Å². The molecule has 0 aromatic heterocycles. The van der Waals surface area contributed by atoms with Gasteiger partial charge >= 0.3 is 0 Å². The number of rotatable bonds is 4. The molecule has 1 saturated heterocycles. The van der Waals surface area contributed by atoms with E-state index in [9.17, 15) is 22.6 Å². The van der Waals surface area contributed by atoms with E-state index >= 15 is 0 Å². The molecule has 142 valence electrons. The van der Waals surface area contributed by atoms with Crippen molar-refractivity contribution in [1.29, 1.82) is 0 Å². The second kappa shape index (κ2) is 7.56. The molecule has 5 nitrogen and oxygen atoms in total. The largest absolute Gasteiger partial charge is 0.344 e. The summed E-state index contributed by atoms with van der Waals surface area (Å²) < 4.78 is 39.1. The van der Waals surface area contributed by atoms with Crippen molar-refractivity contribution in [2.45, 2.75) is 10.8 Å². The van der Waals surface area contributed by atoms with Gasteiger partial charge in [-0.05, 0) is 29.8 Å². The highest BCUT2D eigenvalue weighted by Crippen LogP contribution is 2.35. The van der Waals surface area contributed by atoms with Gasteiger partial charge in [-0.2, -0.15) is 0 Å². The number of nitrogens with one attached hydrogen (secondary N) is 1. The number of nitrogens with zero attached hydrogens (tertiary/aromatic N) is 1. The number of carbonyl (C=O) groups is 2. The second-order valence-corrected chi connectivity index (χ2v) is 7.79. The normalized spacial score (nSPS) is 20.6. The molecule has 27 heavy (non-hydrogen) atoms. The van der Waals surface area contributed by atoms with E-state index in [4.69, 9.17) is 0 Å². The van der Waals surface area contributed by atoms with Crippen LogP contribution in [0.4, 0.5) is 14.5 Å². The Hall–Kier alpha value is -2.61. The van der Waals surface area contributed by atoms with Crippen molar-refractivity contribution < 1.29 is 22.6 Å². The Morgan fingerprint density at radius 3 is 2.44 bits per heavy atom. The molecule has 2 aromatic rings. The molecule has 3 atom stereocenters. The highest BCUT2D eigenvalue weighted by atomic mass is 32.2. The molecule has 0 bridgehead atoms. The summed E-state index contributed by atoms with van der Waals surface area (Å²) in [6.07, 6.45) is 1.48. The molecule has 1 heterocycles. The molecule has 1 aliphatic heterocycles. The lowest BCUT2D eigenvalue weighted by Crippen LogP contribution is -2.33. The van der Waals surface area contributed by atoms with Crippen molar-refractivity contribution in [3.8, 4) is 0 Å². The Bertz CT molecular complexity index is 915. The van der Waals surface area contributed by atoms with E-state index in [1.807, 2.05) is 0 Å². The van der Waals surface area contributed by atoms with Gasteiger partial charge in [0.15, 0.2) is 0 Å². The SMILES string of the molecule is CN1C[C@H](c2cc(F)cc(F)c2)[C@@H](C(=O)Nc2ccccc2S(C)=O)C1=O. The summed E-state index contributed by atoms with van der Waals surface area (Å²) in [6, 6.07) is 9.59. The first kappa shape index (κ1) is 19.2. The first-order valence-electron chi connectivity index (χ1n) is 8.22. The topological polar surface area (TPSA) is 66.5 Å². The van der Waals surface area contributed by atoms with Gasteiger partial charge in [-0.25, -0.2) is 8.78 Å². The Labute approximate surface area is 157 Å². The average molecular weight is 392 g/mol. The summed E-state index contributed by atoms with van der Waals surface area (Å²) in [5, 5.41) is 2.65. The Kier molecular flexibility index (Phi) is 5.36. The Balaban J connectivity index is 1.93. The van der Waals surface area contributed by atoms with Crippen molar-refractivity contribution in [2.24, 2.45) is 5.92 Å². The highest BCUT2D eigenvalue weighted by Gasteiger charge is 2.44. The van der Waals surface area contributed by atoms with Gasteiger partial charge < -0.3 is 10.2 Å². The van der Waals surface area contributed by atoms with Crippen molar-refractivity contribution in [3.63, 3.8) is 0 Å². The minimum absolute atomic E-state index is 0.168. The second-order valence-electron chi connectivity index (χ2n) is 6.45. The summed E-state index contributed by atoms with van der Waals surface area (Å²) in [5.41, 5.74) is 0.590. The van der Waals surface area contributed by atoms with Crippen LogP contribution in [0.25, 0.3) is 0 Å². The predicted molar refractivity (Wildman–Crippen MR) is 97.6 cm³/mol. The zero-order chi connectivity index (χ0) is 19.7. The van der Waals surface area contributed by atoms with Crippen LogP contribution < -0.4 is 5.32 Å². The fourth-order valence-corrected chi connectivity index (χ4v) is 4.01. The van der Waals surface area contributed by atoms with E-state index in [1.165, 1.54) is 18.2 Å². The van der Waals surface area contributed by atoms with Gasteiger partial charge in [0.05, 0.1) is 21.4 Å². The van der Waals surface area contributed by atoms with Crippen molar-refractivity contribution in [3.05, 3.63) is 59.7 Å². The summed E-state index contributed by atoms with van der Waals surface area (Å²) in [4.78, 5) is 27.2. The molecule has 0 radical (unpaired) electrons. The van der Waals surface area contributed by atoms with E-state index < -0.39 is 46.1 Å². The number of para-hydroxylation sites is 1. The molecular weight excluding hydrogens is 374 g/mol. The van der Waals surface area contributed by atoms with E-state index in [0.717, 1.165) is 18.2 Å². The number of hydrogen-bond donors (Lipinski definition) is 1. The van der Waals surface area contributed by atoms with E-state index in [0.29, 0.717) is 10.6 Å². The number of amides is 2.